The van der Waals surface area contributed by atoms with E-state index >= 15 is 0 Å². The molecule has 0 aliphatic rings. The quantitative estimate of drug-likeness (QED) is 0.552. The maximum absolute atomic E-state index is 5.26. The summed E-state index contributed by atoms with van der Waals surface area (Å²) in [7, 11) is 0. The highest BCUT2D eigenvalue weighted by Crippen LogP contribution is 2.14. The molecule has 0 aromatic carbocycles. The standard InChI is InChI=1S/C11H17NOS/c1-3-6-13-7-5-12-9-11-10(2)4-8-14-11/h3-4,8,12H,1,5-7,9H2,2H3. The summed E-state index contributed by atoms with van der Waals surface area (Å²) in [5.74, 6) is 0. The number of nitrogens with one attached hydrogen (secondary N) is 1. The van der Waals surface area contributed by atoms with Crippen LogP contribution in [0.2, 0.25) is 0 Å². The van der Waals surface area contributed by atoms with Gasteiger partial charge >= 0.3 is 0 Å². The highest BCUT2D eigenvalue weighted by molar-refractivity contribution is 7.10. The molecule has 1 rings (SSSR count). The Morgan fingerprint density at radius 2 is 2.50 bits per heavy atom. The number of rotatable bonds is 7. The van der Waals surface area contributed by atoms with E-state index in [1.54, 1.807) is 17.4 Å². The van der Waals surface area contributed by atoms with Gasteiger partial charge in [-0.25, -0.2) is 0 Å². The third kappa shape index (κ3) is 4.05. The Bertz CT molecular complexity index is 270. The largest absolute Gasteiger partial charge is 0.376 e. The molecule has 0 aliphatic heterocycles. The molecular weight excluding hydrogens is 194 g/mol. The van der Waals surface area contributed by atoms with Gasteiger partial charge in [-0.1, -0.05) is 6.08 Å². The van der Waals surface area contributed by atoms with Gasteiger partial charge in [0.25, 0.3) is 0 Å². The highest BCUT2D eigenvalue weighted by atomic mass is 32.1. The molecule has 1 N–H and O–H groups in total. The van der Waals surface area contributed by atoms with Gasteiger partial charge in [-0.15, -0.1) is 17.9 Å². The fourth-order valence-electron chi connectivity index (χ4n) is 1.10. The van der Waals surface area contributed by atoms with Crippen LogP contribution in [-0.4, -0.2) is 19.8 Å². The van der Waals surface area contributed by atoms with E-state index in [-0.39, 0.29) is 0 Å². The molecule has 0 saturated heterocycles. The maximum atomic E-state index is 5.26. The smallest absolute Gasteiger partial charge is 0.0645 e. The molecule has 3 heteroatoms. The Labute approximate surface area is 89.6 Å². The summed E-state index contributed by atoms with van der Waals surface area (Å²) in [4.78, 5) is 1.41. The number of ether oxygens (including phenoxy) is 1. The molecule has 0 spiro atoms. The lowest BCUT2D eigenvalue weighted by Gasteiger charge is -2.04. The second-order valence-corrected chi connectivity index (χ2v) is 4.07. The fourth-order valence-corrected chi connectivity index (χ4v) is 1.97. The zero-order valence-electron chi connectivity index (χ0n) is 8.58. The van der Waals surface area contributed by atoms with Crippen LogP contribution < -0.4 is 5.32 Å². The molecular formula is C11H17NOS. The molecule has 14 heavy (non-hydrogen) atoms. The van der Waals surface area contributed by atoms with Crippen LogP contribution in [0, 0.1) is 6.92 Å². The van der Waals surface area contributed by atoms with Gasteiger partial charge in [-0.05, 0) is 23.9 Å². The van der Waals surface area contributed by atoms with E-state index in [1.165, 1.54) is 10.4 Å². The van der Waals surface area contributed by atoms with Crippen molar-refractivity contribution in [3.63, 3.8) is 0 Å². The fraction of sp³-hybridized carbons (Fsp3) is 0.455. The Balaban J connectivity index is 2.04. The van der Waals surface area contributed by atoms with Crippen LogP contribution in [0.1, 0.15) is 10.4 Å². The Kier molecular flexibility index (Phi) is 5.52. The van der Waals surface area contributed by atoms with Crippen LogP contribution in [0.4, 0.5) is 0 Å². The monoisotopic (exact) mass is 211 g/mol. The minimum Gasteiger partial charge on any atom is -0.376 e. The van der Waals surface area contributed by atoms with Crippen molar-refractivity contribution in [2.45, 2.75) is 13.5 Å². The summed E-state index contributed by atoms with van der Waals surface area (Å²) in [5.41, 5.74) is 1.37. The van der Waals surface area contributed by atoms with Crippen molar-refractivity contribution in [1.29, 1.82) is 0 Å². The lowest BCUT2D eigenvalue weighted by atomic mass is 10.3. The zero-order valence-corrected chi connectivity index (χ0v) is 9.40. The Morgan fingerprint density at radius 1 is 1.64 bits per heavy atom. The Morgan fingerprint density at radius 3 is 3.14 bits per heavy atom. The molecule has 0 radical (unpaired) electrons. The van der Waals surface area contributed by atoms with Gasteiger partial charge in [-0.2, -0.15) is 0 Å². The van der Waals surface area contributed by atoms with Gasteiger partial charge in [-0.3, -0.25) is 0 Å². The number of hydrogen-bond acceptors (Lipinski definition) is 3. The molecule has 2 nitrogen and oxygen atoms in total. The molecule has 78 valence electrons. The molecule has 0 fully saturated rings. The van der Waals surface area contributed by atoms with Crippen molar-refractivity contribution >= 4 is 11.3 Å². The van der Waals surface area contributed by atoms with Crippen molar-refractivity contribution in [1.82, 2.24) is 5.32 Å². The van der Waals surface area contributed by atoms with E-state index in [0.29, 0.717) is 6.61 Å². The van der Waals surface area contributed by atoms with Crippen molar-refractivity contribution in [2.24, 2.45) is 0 Å². The Hall–Kier alpha value is -0.640. The number of hydrogen-bond donors (Lipinski definition) is 1. The summed E-state index contributed by atoms with van der Waals surface area (Å²) in [6.07, 6.45) is 1.77. The summed E-state index contributed by atoms with van der Waals surface area (Å²) in [6.45, 7) is 8.95. The minimum absolute atomic E-state index is 0.639. The second kappa shape index (κ2) is 6.76. The number of thiophene rings is 1. The molecule has 1 aromatic heterocycles. The van der Waals surface area contributed by atoms with Crippen molar-refractivity contribution < 1.29 is 4.74 Å². The molecule has 0 unspecified atom stereocenters. The third-order valence-electron chi connectivity index (χ3n) is 1.91. The SMILES string of the molecule is C=CCOCCNCc1sccc1C. The second-order valence-electron chi connectivity index (χ2n) is 3.07. The summed E-state index contributed by atoms with van der Waals surface area (Å²) < 4.78 is 5.26. The third-order valence-corrected chi connectivity index (χ3v) is 2.94. The van der Waals surface area contributed by atoms with Crippen LogP contribution in [0.15, 0.2) is 24.1 Å². The van der Waals surface area contributed by atoms with E-state index in [2.05, 4.69) is 30.3 Å². The van der Waals surface area contributed by atoms with Crippen LogP contribution in [0.3, 0.4) is 0 Å². The average molecular weight is 211 g/mol. The van der Waals surface area contributed by atoms with Gasteiger partial charge in [0.2, 0.25) is 0 Å². The zero-order chi connectivity index (χ0) is 10.2. The first-order valence-electron chi connectivity index (χ1n) is 4.77. The maximum Gasteiger partial charge on any atom is 0.0645 e. The van der Waals surface area contributed by atoms with Crippen LogP contribution >= 0.6 is 11.3 Å². The van der Waals surface area contributed by atoms with Gasteiger partial charge in [0.1, 0.15) is 0 Å². The number of aryl methyl sites for hydroxylation is 1. The summed E-state index contributed by atoms with van der Waals surface area (Å²) in [6, 6.07) is 2.15. The van der Waals surface area contributed by atoms with Gasteiger partial charge in [0.05, 0.1) is 13.2 Å². The van der Waals surface area contributed by atoms with Crippen LogP contribution in [0.25, 0.3) is 0 Å². The first kappa shape index (κ1) is 11.4. The van der Waals surface area contributed by atoms with E-state index in [1.807, 2.05) is 0 Å². The highest BCUT2D eigenvalue weighted by Gasteiger charge is 1.97. The molecule has 0 atom stereocenters. The molecule has 0 bridgehead atoms. The first-order chi connectivity index (χ1) is 6.84. The first-order valence-corrected chi connectivity index (χ1v) is 5.65. The van der Waals surface area contributed by atoms with Gasteiger partial charge in [0, 0.05) is 18.0 Å². The topological polar surface area (TPSA) is 21.3 Å². The molecule has 1 aromatic rings. The van der Waals surface area contributed by atoms with E-state index in [0.717, 1.165) is 19.7 Å². The molecule has 0 saturated carbocycles. The van der Waals surface area contributed by atoms with E-state index in [4.69, 9.17) is 4.74 Å². The average Bonchev–Trinajstić information content (AvgIpc) is 2.58. The van der Waals surface area contributed by atoms with Crippen molar-refractivity contribution in [3.05, 3.63) is 34.5 Å². The van der Waals surface area contributed by atoms with E-state index in [9.17, 15) is 0 Å². The van der Waals surface area contributed by atoms with Crippen molar-refractivity contribution in [3.8, 4) is 0 Å². The lowest BCUT2D eigenvalue weighted by Crippen LogP contribution is -2.19. The predicted octanol–water partition coefficient (Wildman–Crippen LogP) is 2.35. The van der Waals surface area contributed by atoms with Gasteiger partial charge < -0.3 is 10.1 Å². The van der Waals surface area contributed by atoms with Crippen LogP contribution in [0.5, 0.6) is 0 Å². The lowest BCUT2D eigenvalue weighted by molar-refractivity contribution is 0.164. The predicted molar refractivity (Wildman–Crippen MR) is 61.8 cm³/mol. The normalized spacial score (nSPS) is 10.4. The van der Waals surface area contributed by atoms with E-state index < -0.39 is 0 Å². The molecule has 1 heterocycles. The van der Waals surface area contributed by atoms with Gasteiger partial charge in [0.15, 0.2) is 0 Å². The molecule has 0 aliphatic carbocycles. The van der Waals surface area contributed by atoms with Crippen molar-refractivity contribution in [2.75, 3.05) is 19.8 Å². The molecule has 0 amide bonds. The summed E-state index contributed by atoms with van der Waals surface area (Å²) >= 11 is 1.80. The summed E-state index contributed by atoms with van der Waals surface area (Å²) in [5, 5.41) is 5.46. The minimum atomic E-state index is 0.639. The van der Waals surface area contributed by atoms with Crippen LogP contribution in [-0.2, 0) is 11.3 Å².